The maximum Gasteiger partial charge on any atom is 0.308 e. The number of fused-ring (bicyclic) bond motifs is 2. The Balaban J connectivity index is 1.86. The summed E-state index contributed by atoms with van der Waals surface area (Å²) < 4.78 is 23.6. The summed E-state index contributed by atoms with van der Waals surface area (Å²) in [5, 5.41) is 111. The molecule has 2 fully saturated rings. The van der Waals surface area contributed by atoms with Crippen LogP contribution in [-0.4, -0.2) is 160 Å². The molecule has 2 saturated heterocycles. The summed E-state index contributed by atoms with van der Waals surface area (Å²) in [6.45, 7) is 8.13. The molecule has 3 aliphatic heterocycles. The molecule has 17 heteroatoms. The SMILES string of the molecule is CC(=O)NC1C(O)CC2(O)CC(O)CC(O)C(O)CCC(O)CC(O)CC(=O)OC(C)C(C)C(O)C(C)/C=C/C=C/C=C/C=C/C=C/C=C/C=C/C(OC3OC(C)C(O)CC3O)CC1O2. The molecular formula is C48H75NO16. The van der Waals surface area contributed by atoms with Gasteiger partial charge in [-0.3, -0.25) is 9.59 Å². The van der Waals surface area contributed by atoms with Gasteiger partial charge in [0, 0.05) is 50.9 Å². The zero-order valence-electron chi connectivity index (χ0n) is 38.2. The van der Waals surface area contributed by atoms with E-state index in [-0.39, 0.29) is 38.0 Å². The van der Waals surface area contributed by atoms with Gasteiger partial charge in [-0.15, -0.1) is 0 Å². The molecule has 368 valence electrons. The predicted molar refractivity (Wildman–Crippen MR) is 240 cm³/mol. The first-order valence-electron chi connectivity index (χ1n) is 22.7. The fourth-order valence-corrected chi connectivity index (χ4v) is 7.95. The third-order valence-corrected chi connectivity index (χ3v) is 11.9. The number of aliphatic hydroxyl groups is 10. The standard InChI is InChI=1S/C48H75NO16/c1-29-18-16-14-12-10-8-6-7-9-11-13-15-17-19-37(64-47-41(57)26-39(55)32(4)63-47)25-43-45(49-33(5)50)42(58)28-48(61,65-43)27-36(53)23-40(56)38(54)21-20-34(51)22-35(52)24-44(59)62-31(3)30(2)46(29)60/h6-19,29-32,34-43,45-47,51-58,60-61H,20-28H2,1-5H3,(H,49,50)/b7-6+,10-8+,11-9+,14-12+,15-13+,18-16+,19-17+. The van der Waals surface area contributed by atoms with Gasteiger partial charge in [0.2, 0.25) is 5.91 Å². The van der Waals surface area contributed by atoms with Crippen LogP contribution in [0.2, 0.25) is 0 Å². The van der Waals surface area contributed by atoms with Crippen molar-refractivity contribution in [3.05, 3.63) is 85.1 Å². The topological polar surface area (TPSA) is 285 Å². The number of cyclic esters (lactones) is 1. The minimum Gasteiger partial charge on any atom is -0.462 e. The quantitative estimate of drug-likeness (QED) is 0.179. The van der Waals surface area contributed by atoms with Crippen LogP contribution < -0.4 is 5.32 Å². The van der Waals surface area contributed by atoms with Crippen molar-refractivity contribution in [2.24, 2.45) is 11.8 Å². The average molecular weight is 922 g/mol. The highest BCUT2D eigenvalue weighted by Crippen LogP contribution is 2.35. The molecule has 17 nitrogen and oxygen atoms in total. The lowest BCUT2D eigenvalue weighted by molar-refractivity contribution is -0.302. The minimum absolute atomic E-state index is 0.0147. The lowest BCUT2D eigenvalue weighted by atomic mass is 9.87. The first-order valence-corrected chi connectivity index (χ1v) is 22.7. The molecule has 3 heterocycles. The second-order valence-electron chi connectivity index (χ2n) is 17.7. The number of aliphatic hydroxyl groups excluding tert-OH is 9. The van der Waals surface area contributed by atoms with Crippen LogP contribution in [0.15, 0.2) is 85.1 Å². The molecule has 0 aromatic heterocycles. The lowest BCUT2D eigenvalue weighted by Gasteiger charge is -2.46. The Bertz CT molecular complexity index is 1650. The van der Waals surface area contributed by atoms with E-state index >= 15 is 0 Å². The van der Waals surface area contributed by atoms with Crippen LogP contribution in [0.1, 0.15) is 92.4 Å². The molecule has 18 atom stereocenters. The molecule has 0 aliphatic carbocycles. The Kier molecular flexibility index (Phi) is 24.1. The smallest absolute Gasteiger partial charge is 0.308 e. The van der Waals surface area contributed by atoms with Crippen molar-refractivity contribution in [1.82, 2.24) is 5.32 Å². The molecule has 0 aromatic rings. The molecule has 18 unspecified atom stereocenters. The van der Waals surface area contributed by atoms with Gasteiger partial charge in [0.25, 0.3) is 0 Å². The van der Waals surface area contributed by atoms with E-state index in [9.17, 15) is 60.7 Å². The number of carbonyl (C=O) groups excluding carboxylic acids is 2. The molecule has 3 aliphatic rings. The molecule has 0 radical (unpaired) electrons. The van der Waals surface area contributed by atoms with Gasteiger partial charge in [-0.25, -0.2) is 0 Å². The molecular weight excluding hydrogens is 847 g/mol. The molecule has 2 bridgehead atoms. The molecule has 11 N–H and O–H groups in total. The van der Waals surface area contributed by atoms with Gasteiger partial charge in [-0.1, -0.05) is 98.9 Å². The maximum absolute atomic E-state index is 12.6. The van der Waals surface area contributed by atoms with Gasteiger partial charge < -0.3 is 75.3 Å². The number of esters is 1. The van der Waals surface area contributed by atoms with Crippen LogP contribution in [0.3, 0.4) is 0 Å². The monoisotopic (exact) mass is 922 g/mol. The van der Waals surface area contributed by atoms with Crippen LogP contribution in [-0.2, 0) is 28.5 Å². The van der Waals surface area contributed by atoms with Gasteiger partial charge in [-0.2, -0.15) is 0 Å². The molecule has 1 amide bonds. The summed E-state index contributed by atoms with van der Waals surface area (Å²) in [5.74, 6) is -4.10. The molecule has 0 aromatic carbocycles. The summed E-state index contributed by atoms with van der Waals surface area (Å²) in [6, 6.07) is -1.05. The second-order valence-corrected chi connectivity index (χ2v) is 17.7. The van der Waals surface area contributed by atoms with Gasteiger partial charge in [0.15, 0.2) is 12.1 Å². The van der Waals surface area contributed by atoms with Crippen LogP contribution in [0.5, 0.6) is 0 Å². The predicted octanol–water partition coefficient (Wildman–Crippen LogP) is 1.58. The fourth-order valence-electron chi connectivity index (χ4n) is 7.95. The molecule has 0 spiro atoms. The Morgan fingerprint density at radius 3 is 1.83 bits per heavy atom. The van der Waals surface area contributed by atoms with Crippen LogP contribution in [0.25, 0.3) is 0 Å². The highest BCUT2D eigenvalue weighted by Gasteiger charge is 2.48. The third-order valence-electron chi connectivity index (χ3n) is 11.9. The third kappa shape index (κ3) is 20.2. The van der Waals surface area contributed by atoms with Gasteiger partial charge in [0.1, 0.15) is 12.2 Å². The number of hydrogen-bond acceptors (Lipinski definition) is 16. The minimum atomic E-state index is -2.19. The molecule has 65 heavy (non-hydrogen) atoms. The number of ether oxygens (including phenoxy) is 4. The van der Waals surface area contributed by atoms with Gasteiger partial charge >= 0.3 is 5.97 Å². The van der Waals surface area contributed by atoms with Gasteiger partial charge in [-0.05, 0) is 33.1 Å². The van der Waals surface area contributed by atoms with E-state index in [1.54, 1.807) is 63.3 Å². The second kappa shape index (κ2) is 28.1. The van der Waals surface area contributed by atoms with Gasteiger partial charge in [0.05, 0.1) is 79.6 Å². The number of rotatable bonds is 3. The first-order chi connectivity index (χ1) is 30.7. The summed E-state index contributed by atoms with van der Waals surface area (Å²) in [7, 11) is 0. The van der Waals surface area contributed by atoms with Crippen LogP contribution in [0, 0.1) is 11.8 Å². The number of hydrogen-bond donors (Lipinski definition) is 11. The number of carbonyl (C=O) groups is 2. The van der Waals surface area contributed by atoms with E-state index in [1.807, 2.05) is 49.5 Å². The van der Waals surface area contributed by atoms with E-state index in [2.05, 4.69) is 5.32 Å². The van der Waals surface area contributed by atoms with E-state index in [1.165, 1.54) is 6.92 Å². The Morgan fingerprint density at radius 1 is 0.646 bits per heavy atom. The lowest BCUT2D eigenvalue weighted by Crippen LogP contribution is -2.62. The van der Waals surface area contributed by atoms with E-state index in [4.69, 9.17) is 18.9 Å². The fraction of sp³-hybridized carbons (Fsp3) is 0.667. The maximum atomic E-state index is 12.6. The number of allylic oxidation sites excluding steroid dienone is 12. The summed E-state index contributed by atoms with van der Waals surface area (Å²) >= 11 is 0. The summed E-state index contributed by atoms with van der Waals surface area (Å²) in [4.78, 5) is 24.9. The highest BCUT2D eigenvalue weighted by atomic mass is 16.7. The largest absolute Gasteiger partial charge is 0.462 e. The Labute approximate surface area is 382 Å². The molecule has 0 saturated carbocycles. The average Bonchev–Trinajstić information content (AvgIpc) is 3.21. The zero-order chi connectivity index (χ0) is 48.3. The van der Waals surface area contributed by atoms with Crippen LogP contribution in [0.4, 0.5) is 0 Å². The highest BCUT2D eigenvalue weighted by molar-refractivity contribution is 5.73. The number of amides is 1. The van der Waals surface area contributed by atoms with Crippen molar-refractivity contribution in [3.63, 3.8) is 0 Å². The molecule has 3 rings (SSSR count). The van der Waals surface area contributed by atoms with Crippen molar-refractivity contribution in [1.29, 1.82) is 0 Å². The summed E-state index contributed by atoms with van der Waals surface area (Å²) in [6.07, 6.45) is 6.78. The normalized spacial score (nSPS) is 44.3. The van der Waals surface area contributed by atoms with Crippen molar-refractivity contribution >= 4 is 11.9 Å². The van der Waals surface area contributed by atoms with Crippen molar-refractivity contribution in [2.45, 2.75) is 190 Å². The van der Waals surface area contributed by atoms with Crippen LogP contribution >= 0.6 is 0 Å². The van der Waals surface area contributed by atoms with E-state index in [0.29, 0.717) is 0 Å². The van der Waals surface area contributed by atoms with Crippen molar-refractivity contribution in [3.8, 4) is 0 Å². The van der Waals surface area contributed by atoms with E-state index < -0.39 is 141 Å². The Morgan fingerprint density at radius 2 is 1.23 bits per heavy atom. The van der Waals surface area contributed by atoms with Crippen molar-refractivity contribution in [2.75, 3.05) is 0 Å². The zero-order valence-corrected chi connectivity index (χ0v) is 38.2. The number of nitrogens with one attached hydrogen (secondary N) is 1. The van der Waals surface area contributed by atoms with E-state index in [0.717, 1.165) is 0 Å². The summed E-state index contributed by atoms with van der Waals surface area (Å²) in [5.41, 5.74) is 0. The Hall–Kier alpha value is -3.40. The first kappa shape index (κ1) is 55.9. The van der Waals surface area contributed by atoms with Crippen molar-refractivity contribution < 1.29 is 79.6 Å².